The Bertz CT molecular complexity index is 338. The lowest BCUT2D eigenvalue weighted by atomic mass is 9.74. The molecule has 0 spiro atoms. The van der Waals surface area contributed by atoms with Crippen LogP contribution >= 0.6 is 0 Å². The predicted molar refractivity (Wildman–Crippen MR) is 75.5 cm³/mol. The van der Waals surface area contributed by atoms with Crippen molar-refractivity contribution in [3.63, 3.8) is 0 Å². The number of rotatable bonds is 1. The van der Waals surface area contributed by atoms with Gasteiger partial charge in [-0.15, -0.1) is 0 Å². The third-order valence-corrected chi connectivity index (χ3v) is 4.95. The van der Waals surface area contributed by atoms with E-state index in [0.29, 0.717) is 6.04 Å². The zero-order chi connectivity index (χ0) is 14.6. The van der Waals surface area contributed by atoms with Crippen molar-refractivity contribution in [2.45, 2.75) is 78.3 Å². The van der Waals surface area contributed by atoms with E-state index in [-0.39, 0.29) is 29.2 Å². The molecule has 1 saturated heterocycles. The summed E-state index contributed by atoms with van der Waals surface area (Å²) in [5.74, 6) is -2.48. The van der Waals surface area contributed by atoms with Gasteiger partial charge in [-0.2, -0.15) is 0 Å². The lowest BCUT2D eigenvalue weighted by Gasteiger charge is -2.52. The number of likely N-dealkylation sites (tertiary alicyclic amines) is 1. The van der Waals surface area contributed by atoms with Gasteiger partial charge in [0.15, 0.2) is 0 Å². The van der Waals surface area contributed by atoms with Crippen molar-refractivity contribution in [2.75, 3.05) is 6.54 Å². The van der Waals surface area contributed by atoms with E-state index in [1.54, 1.807) is 0 Å². The average Bonchev–Trinajstić information content (AvgIpc) is 2.84. The second kappa shape index (κ2) is 4.41. The molecular weight excluding hydrogens is 244 g/mol. The van der Waals surface area contributed by atoms with Crippen LogP contribution in [0.25, 0.3) is 0 Å². The fourth-order valence-corrected chi connectivity index (χ4v) is 3.73. The summed E-state index contributed by atoms with van der Waals surface area (Å²) < 4.78 is 26.6. The smallest absolute Gasteiger partial charge is 0.251 e. The first-order valence-electron chi connectivity index (χ1n) is 7.57. The molecule has 0 bridgehead atoms. The summed E-state index contributed by atoms with van der Waals surface area (Å²) >= 11 is 0. The highest BCUT2D eigenvalue weighted by molar-refractivity contribution is 5.04. The lowest BCUT2D eigenvalue weighted by Crippen LogP contribution is -2.57. The van der Waals surface area contributed by atoms with Gasteiger partial charge in [-0.25, -0.2) is 8.78 Å². The summed E-state index contributed by atoms with van der Waals surface area (Å²) in [6.45, 7) is 14.4. The molecule has 0 N–H and O–H groups in total. The van der Waals surface area contributed by atoms with Gasteiger partial charge in [0.2, 0.25) is 0 Å². The van der Waals surface area contributed by atoms with Crippen LogP contribution in [0.2, 0.25) is 0 Å². The monoisotopic (exact) mass is 273 g/mol. The van der Waals surface area contributed by atoms with Crippen LogP contribution in [0.15, 0.2) is 0 Å². The van der Waals surface area contributed by atoms with E-state index >= 15 is 0 Å². The van der Waals surface area contributed by atoms with Gasteiger partial charge in [-0.3, -0.25) is 4.90 Å². The molecule has 2 rings (SSSR count). The minimum atomic E-state index is -2.36. The summed E-state index contributed by atoms with van der Waals surface area (Å²) in [5.41, 5.74) is 0.269. The number of nitrogens with zero attached hydrogens (tertiary/aromatic N) is 1. The molecule has 0 aromatic rings. The minimum Gasteiger partial charge on any atom is -0.295 e. The molecule has 0 aromatic carbocycles. The van der Waals surface area contributed by atoms with Crippen LogP contribution in [0, 0.1) is 17.3 Å². The first-order chi connectivity index (χ1) is 8.43. The summed E-state index contributed by atoms with van der Waals surface area (Å²) in [6.07, 6.45) is 2.00. The molecule has 2 fully saturated rings. The Balaban J connectivity index is 2.12. The number of piperidine rings is 1. The molecule has 0 radical (unpaired) electrons. The maximum atomic E-state index is 13.3. The van der Waals surface area contributed by atoms with Crippen LogP contribution in [0.3, 0.4) is 0 Å². The van der Waals surface area contributed by atoms with Gasteiger partial charge in [-0.1, -0.05) is 20.8 Å². The fraction of sp³-hybridized carbons (Fsp3) is 1.00. The van der Waals surface area contributed by atoms with Crippen LogP contribution in [-0.4, -0.2) is 28.9 Å². The second-order valence-corrected chi connectivity index (χ2v) is 8.60. The molecule has 0 aromatic heterocycles. The van der Waals surface area contributed by atoms with E-state index in [1.165, 1.54) is 0 Å². The average molecular weight is 273 g/mol. The second-order valence-electron chi connectivity index (χ2n) is 8.60. The summed E-state index contributed by atoms with van der Waals surface area (Å²) in [5, 5.41) is 0. The van der Waals surface area contributed by atoms with Crippen LogP contribution < -0.4 is 0 Å². The summed E-state index contributed by atoms with van der Waals surface area (Å²) in [4.78, 5) is 2.53. The van der Waals surface area contributed by atoms with E-state index in [0.717, 1.165) is 19.4 Å². The van der Waals surface area contributed by atoms with E-state index in [1.807, 2.05) is 0 Å². The quantitative estimate of drug-likeness (QED) is 0.676. The zero-order valence-electron chi connectivity index (χ0n) is 13.3. The SMILES string of the molecule is CC(C)(C)C1CC(C2CC2(F)F)CCN1C(C)(C)C. The largest absolute Gasteiger partial charge is 0.295 e. The molecule has 19 heavy (non-hydrogen) atoms. The van der Waals surface area contributed by atoms with E-state index < -0.39 is 5.92 Å². The predicted octanol–water partition coefficient (Wildman–Crippen LogP) is 4.57. The Kier molecular flexibility index (Phi) is 3.53. The molecule has 1 heterocycles. The van der Waals surface area contributed by atoms with Gasteiger partial charge >= 0.3 is 0 Å². The van der Waals surface area contributed by atoms with Gasteiger partial charge in [0.1, 0.15) is 0 Å². The van der Waals surface area contributed by atoms with Gasteiger partial charge in [0.05, 0.1) is 0 Å². The number of halogens is 2. The Morgan fingerprint density at radius 2 is 1.58 bits per heavy atom. The zero-order valence-corrected chi connectivity index (χ0v) is 13.3. The maximum absolute atomic E-state index is 13.3. The van der Waals surface area contributed by atoms with Crippen LogP contribution in [0.5, 0.6) is 0 Å². The molecule has 1 aliphatic carbocycles. The number of hydrogen-bond acceptors (Lipinski definition) is 1. The maximum Gasteiger partial charge on any atom is 0.251 e. The molecular formula is C16H29F2N. The third-order valence-electron chi connectivity index (χ3n) is 4.95. The topological polar surface area (TPSA) is 3.24 Å². The van der Waals surface area contributed by atoms with Crippen LogP contribution in [0.1, 0.15) is 60.8 Å². The molecule has 1 aliphatic heterocycles. The molecule has 1 nitrogen and oxygen atoms in total. The van der Waals surface area contributed by atoms with E-state index in [9.17, 15) is 8.78 Å². The van der Waals surface area contributed by atoms with Gasteiger partial charge in [-0.05, 0) is 51.5 Å². The molecule has 3 heteroatoms. The molecule has 2 aliphatic rings. The number of hydrogen-bond donors (Lipinski definition) is 0. The van der Waals surface area contributed by atoms with Crippen molar-refractivity contribution in [2.24, 2.45) is 17.3 Å². The van der Waals surface area contributed by atoms with Crippen molar-refractivity contribution in [1.29, 1.82) is 0 Å². The molecule has 1 saturated carbocycles. The minimum absolute atomic E-state index is 0.120. The first-order valence-corrected chi connectivity index (χ1v) is 7.57. The van der Waals surface area contributed by atoms with Crippen molar-refractivity contribution >= 4 is 0 Å². The van der Waals surface area contributed by atoms with E-state index in [2.05, 4.69) is 46.4 Å². The highest BCUT2D eigenvalue weighted by atomic mass is 19.3. The fourth-order valence-electron chi connectivity index (χ4n) is 3.73. The van der Waals surface area contributed by atoms with Crippen LogP contribution in [-0.2, 0) is 0 Å². The molecule has 112 valence electrons. The Morgan fingerprint density at radius 1 is 1.05 bits per heavy atom. The van der Waals surface area contributed by atoms with Gasteiger partial charge in [0, 0.05) is 23.9 Å². The van der Waals surface area contributed by atoms with Crippen LogP contribution in [0.4, 0.5) is 8.78 Å². The van der Waals surface area contributed by atoms with E-state index in [4.69, 9.17) is 0 Å². The summed E-state index contributed by atoms with van der Waals surface area (Å²) in [7, 11) is 0. The number of alkyl halides is 2. The lowest BCUT2D eigenvalue weighted by molar-refractivity contribution is -0.0343. The molecule has 0 amide bonds. The standard InChI is InChI=1S/C16H29F2N/c1-14(2,3)13-9-11(12-10-16(12,17)18)7-8-19(13)15(4,5)6/h11-13H,7-10H2,1-6H3. The summed E-state index contributed by atoms with van der Waals surface area (Å²) in [6, 6.07) is 0.405. The highest BCUT2D eigenvalue weighted by Crippen LogP contribution is 2.57. The Labute approximate surface area is 116 Å². The van der Waals surface area contributed by atoms with Crippen molar-refractivity contribution in [3.8, 4) is 0 Å². The van der Waals surface area contributed by atoms with Crippen molar-refractivity contribution in [3.05, 3.63) is 0 Å². The Hall–Kier alpha value is -0.180. The Morgan fingerprint density at radius 3 is 1.95 bits per heavy atom. The van der Waals surface area contributed by atoms with Crippen molar-refractivity contribution < 1.29 is 8.78 Å². The normalized spacial score (nSPS) is 36.3. The highest BCUT2D eigenvalue weighted by Gasteiger charge is 2.61. The molecule has 3 atom stereocenters. The molecule has 3 unspecified atom stereocenters. The van der Waals surface area contributed by atoms with Gasteiger partial charge in [0.25, 0.3) is 5.92 Å². The third kappa shape index (κ3) is 3.12. The van der Waals surface area contributed by atoms with Crippen molar-refractivity contribution in [1.82, 2.24) is 4.90 Å². The van der Waals surface area contributed by atoms with Gasteiger partial charge < -0.3 is 0 Å². The first kappa shape index (κ1) is 15.2.